The van der Waals surface area contributed by atoms with Gasteiger partial charge in [-0.05, 0) is 75.8 Å². The van der Waals surface area contributed by atoms with Crippen molar-refractivity contribution in [3.8, 4) is 51.0 Å². The van der Waals surface area contributed by atoms with Crippen molar-refractivity contribution in [1.29, 1.82) is 0 Å². The van der Waals surface area contributed by atoms with E-state index in [0.29, 0.717) is 23.1 Å². The summed E-state index contributed by atoms with van der Waals surface area (Å²) in [5, 5.41) is 10.9. The highest BCUT2D eigenvalue weighted by molar-refractivity contribution is 6.22. The van der Waals surface area contributed by atoms with E-state index in [2.05, 4.69) is 174 Å². The van der Waals surface area contributed by atoms with Crippen molar-refractivity contribution in [2.45, 2.75) is 0 Å². The first-order valence-electron chi connectivity index (χ1n) is 21.8. The lowest BCUT2D eigenvalue weighted by atomic mass is 10.0. The Balaban J connectivity index is 1.07. The van der Waals surface area contributed by atoms with E-state index in [1.54, 1.807) is 0 Å². The molecule has 0 amide bonds. The number of fused-ring (bicyclic) bond motifs is 12. The van der Waals surface area contributed by atoms with Crippen molar-refractivity contribution in [2.24, 2.45) is 0 Å². The third-order valence-corrected chi connectivity index (χ3v) is 13.0. The number of para-hydroxylation sites is 2. The molecule has 0 fully saturated rings. The molecule has 0 aliphatic heterocycles. The normalized spacial score (nSPS) is 12.0. The fraction of sp³-hybridized carbons (Fsp3) is 0. The lowest BCUT2D eigenvalue weighted by molar-refractivity contribution is 0.669. The van der Waals surface area contributed by atoms with Crippen LogP contribution in [0, 0.1) is 0 Å². The minimum absolute atomic E-state index is 0.509. The molecule has 0 radical (unpaired) electrons. The summed E-state index contributed by atoms with van der Waals surface area (Å²) in [5.74, 6) is 1.61. The van der Waals surface area contributed by atoms with Crippen LogP contribution in [0.3, 0.4) is 0 Å². The van der Waals surface area contributed by atoms with Gasteiger partial charge in [-0.2, -0.15) is 0 Å². The molecule has 65 heavy (non-hydrogen) atoms. The molecule has 4 aromatic heterocycles. The SMILES string of the molecule is c1ccc(-c2ccc(-c3nc(-c4ccc(-n5c6ccccc6c6cc7ccccc7cc65)c5c4oc4c6ccccc6ccc45)nc(-c4cccc5oc6ccccc6c45)n3)cc2)cc1. The van der Waals surface area contributed by atoms with Crippen LogP contribution in [0.4, 0.5) is 0 Å². The molecule has 10 aromatic carbocycles. The summed E-state index contributed by atoms with van der Waals surface area (Å²) in [7, 11) is 0. The van der Waals surface area contributed by atoms with Crippen LogP contribution in [0.1, 0.15) is 0 Å². The second-order valence-electron chi connectivity index (χ2n) is 16.7. The highest BCUT2D eigenvalue weighted by atomic mass is 16.3. The number of aromatic nitrogens is 4. The fourth-order valence-electron chi connectivity index (χ4n) is 10.0. The summed E-state index contributed by atoms with van der Waals surface area (Å²) in [6, 6.07) is 72.1. The Morgan fingerprint density at radius 1 is 0.323 bits per heavy atom. The van der Waals surface area contributed by atoms with E-state index in [-0.39, 0.29) is 0 Å². The molecule has 302 valence electrons. The van der Waals surface area contributed by atoms with E-state index >= 15 is 0 Å². The lowest BCUT2D eigenvalue weighted by Gasteiger charge is -2.13. The zero-order chi connectivity index (χ0) is 42.6. The maximum absolute atomic E-state index is 7.23. The van der Waals surface area contributed by atoms with Gasteiger partial charge in [-0.15, -0.1) is 0 Å². The van der Waals surface area contributed by atoms with Crippen LogP contribution in [0.5, 0.6) is 0 Å². The molecule has 6 heteroatoms. The van der Waals surface area contributed by atoms with Crippen molar-refractivity contribution in [3.63, 3.8) is 0 Å². The number of rotatable bonds is 5. The summed E-state index contributed by atoms with van der Waals surface area (Å²) >= 11 is 0. The van der Waals surface area contributed by atoms with Crippen molar-refractivity contribution in [3.05, 3.63) is 206 Å². The molecule has 0 saturated heterocycles. The van der Waals surface area contributed by atoms with Crippen LogP contribution < -0.4 is 0 Å². The monoisotopic (exact) mass is 830 g/mol. The smallest absolute Gasteiger partial charge is 0.167 e. The maximum Gasteiger partial charge on any atom is 0.167 e. The van der Waals surface area contributed by atoms with Gasteiger partial charge in [0.25, 0.3) is 0 Å². The minimum Gasteiger partial charge on any atom is -0.456 e. The van der Waals surface area contributed by atoms with Crippen molar-refractivity contribution in [2.75, 3.05) is 0 Å². The predicted octanol–water partition coefficient (Wildman–Crippen LogP) is 15.7. The number of furan rings is 2. The van der Waals surface area contributed by atoms with Gasteiger partial charge in [-0.25, -0.2) is 15.0 Å². The highest BCUT2D eigenvalue weighted by Gasteiger charge is 2.25. The van der Waals surface area contributed by atoms with Gasteiger partial charge in [0.05, 0.1) is 27.7 Å². The Hall–Kier alpha value is -8.87. The first-order valence-corrected chi connectivity index (χ1v) is 21.8. The Morgan fingerprint density at radius 3 is 1.82 bits per heavy atom. The molecule has 0 saturated carbocycles. The molecule has 6 nitrogen and oxygen atoms in total. The van der Waals surface area contributed by atoms with Gasteiger partial charge >= 0.3 is 0 Å². The van der Waals surface area contributed by atoms with E-state index in [9.17, 15) is 0 Å². The van der Waals surface area contributed by atoms with Gasteiger partial charge in [0, 0.05) is 43.4 Å². The molecule has 0 unspecified atom stereocenters. The fourth-order valence-corrected chi connectivity index (χ4v) is 10.0. The van der Waals surface area contributed by atoms with E-state index < -0.39 is 0 Å². The summed E-state index contributed by atoms with van der Waals surface area (Å²) in [4.78, 5) is 16.0. The van der Waals surface area contributed by atoms with E-state index in [0.717, 1.165) is 93.6 Å². The maximum atomic E-state index is 7.23. The first kappa shape index (κ1) is 35.7. The Labute approximate surface area is 371 Å². The summed E-state index contributed by atoms with van der Waals surface area (Å²) in [6.45, 7) is 0. The van der Waals surface area contributed by atoms with Gasteiger partial charge < -0.3 is 13.4 Å². The average molecular weight is 831 g/mol. The molecule has 0 aliphatic carbocycles. The molecular weight excluding hydrogens is 797 g/mol. The van der Waals surface area contributed by atoms with Crippen LogP contribution in [-0.2, 0) is 0 Å². The van der Waals surface area contributed by atoms with Crippen molar-refractivity contribution >= 4 is 87.2 Å². The lowest BCUT2D eigenvalue weighted by Crippen LogP contribution is -2.01. The Kier molecular flexibility index (Phi) is 7.59. The molecule has 0 atom stereocenters. The molecule has 14 rings (SSSR count). The standard InChI is InChI=1S/C59H34N4O2/c1-2-13-35(14-3-1)36-25-27-38(28-26-36)57-60-58(45-21-12-24-52-53(45)43-20-9-11-23-51(43)64-52)62-59(61-57)46-31-32-49(54-44-30-29-37-15-6-7-18-41(37)55(44)65-56(46)54)63-48-22-10-8-19-42(48)47-33-39-16-4-5-17-40(39)34-50(47)63/h1-34H. The van der Waals surface area contributed by atoms with Gasteiger partial charge in [0.15, 0.2) is 17.5 Å². The van der Waals surface area contributed by atoms with E-state index in [1.807, 2.05) is 36.4 Å². The topological polar surface area (TPSA) is 69.9 Å². The quantitative estimate of drug-likeness (QED) is 0.173. The first-order chi connectivity index (χ1) is 32.2. The van der Waals surface area contributed by atoms with Gasteiger partial charge in [0.1, 0.15) is 22.3 Å². The second-order valence-corrected chi connectivity index (χ2v) is 16.7. The van der Waals surface area contributed by atoms with E-state index in [1.165, 1.54) is 21.5 Å². The molecule has 0 bridgehead atoms. The zero-order valence-corrected chi connectivity index (χ0v) is 34.7. The molecule has 0 spiro atoms. The Bertz CT molecular complexity index is 4240. The summed E-state index contributed by atoms with van der Waals surface area (Å²) in [5.41, 5.74) is 11.1. The van der Waals surface area contributed by atoms with Crippen LogP contribution >= 0.6 is 0 Å². The van der Waals surface area contributed by atoms with Crippen molar-refractivity contribution < 1.29 is 8.83 Å². The minimum atomic E-state index is 0.509. The third-order valence-electron chi connectivity index (χ3n) is 13.0. The van der Waals surface area contributed by atoms with Gasteiger partial charge in [0.2, 0.25) is 0 Å². The van der Waals surface area contributed by atoms with Gasteiger partial charge in [-0.1, -0.05) is 158 Å². The molecule has 0 N–H and O–H groups in total. The number of hydrogen-bond acceptors (Lipinski definition) is 5. The molecular formula is C59H34N4O2. The van der Waals surface area contributed by atoms with Crippen molar-refractivity contribution in [1.82, 2.24) is 19.5 Å². The Morgan fingerprint density at radius 2 is 0.969 bits per heavy atom. The van der Waals surface area contributed by atoms with E-state index in [4.69, 9.17) is 23.8 Å². The van der Waals surface area contributed by atoms with Gasteiger partial charge in [-0.3, -0.25) is 0 Å². The summed E-state index contributed by atoms with van der Waals surface area (Å²) in [6.07, 6.45) is 0. The van der Waals surface area contributed by atoms with Crippen LogP contribution in [0.15, 0.2) is 215 Å². The second kappa shape index (κ2) is 13.8. The average Bonchev–Trinajstić information content (AvgIpc) is 4.06. The third kappa shape index (κ3) is 5.44. The van der Waals surface area contributed by atoms with Crippen LogP contribution in [0.2, 0.25) is 0 Å². The largest absolute Gasteiger partial charge is 0.456 e. The summed E-state index contributed by atoms with van der Waals surface area (Å²) < 4.78 is 16.0. The molecule has 14 aromatic rings. The highest BCUT2D eigenvalue weighted by Crippen LogP contribution is 2.45. The zero-order valence-electron chi connectivity index (χ0n) is 34.7. The number of hydrogen-bond donors (Lipinski definition) is 0. The molecule has 0 aliphatic rings. The number of benzene rings is 10. The predicted molar refractivity (Wildman–Crippen MR) is 265 cm³/mol. The van der Waals surface area contributed by atoms with Crippen LogP contribution in [-0.4, -0.2) is 19.5 Å². The number of nitrogens with zero attached hydrogens (tertiary/aromatic N) is 4. The van der Waals surface area contributed by atoms with Crippen LogP contribution in [0.25, 0.3) is 138 Å². The molecule has 4 heterocycles.